The zero-order valence-electron chi connectivity index (χ0n) is 11.1. The predicted molar refractivity (Wildman–Crippen MR) is 85.2 cm³/mol. The molecule has 0 aliphatic rings. The minimum atomic E-state index is -0.112. The van der Waals surface area contributed by atoms with Crippen LogP contribution in [0.4, 0.5) is 11.4 Å². The van der Waals surface area contributed by atoms with Gasteiger partial charge in [0.2, 0.25) is 0 Å². The number of phenolic OH excluding ortho intramolecular Hbond substituents is 1. The molecule has 0 amide bonds. The molecule has 2 aromatic carbocycles. The second kappa shape index (κ2) is 5.73. The van der Waals surface area contributed by atoms with Gasteiger partial charge in [0.05, 0.1) is 16.4 Å². The first-order valence-corrected chi connectivity index (χ1v) is 6.76. The molecular formula is C15H14Cl2N2O. The third kappa shape index (κ3) is 2.60. The Kier molecular flexibility index (Phi) is 4.21. The molecule has 0 aliphatic carbocycles. The van der Waals surface area contributed by atoms with Gasteiger partial charge in [-0.3, -0.25) is 0 Å². The molecule has 0 saturated heterocycles. The first-order chi connectivity index (χ1) is 9.45. The molecular weight excluding hydrogens is 295 g/mol. The van der Waals surface area contributed by atoms with E-state index in [1.165, 1.54) is 0 Å². The summed E-state index contributed by atoms with van der Waals surface area (Å²) >= 11 is 12.4. The lowest BCUT2D eigenvalue weighted by atomic mass is 10.1. The number of phenols is 1. The highest BCUT2D eigenvalue weighted by Crippen LogP contribution is 2.40. The van der Waals surface area contributed by atoms with Gasteiger partial charge in [0.25, 0.3) is 0 Å². The Morgan fingerprint density at radius 1 is 1.15 bits per heavy atom. The Labute approximate surface area is 127 Å². The number of nitrogens with one attached hydrogen (secondary N) is 2. The van der Waals surface area contributed by atoms with Crippen molar-refractivity contribution in [2.45, 2.75) is 13.8 Å². The lowest BCUT2D eigenvalue weighted by molar-refractivity contribution is 0.475. The van der Waals surface area contributed by atoms with E-state index in [1.54, 1.807) is 12.1 Å². The Morgan fingerprint density at radius 2 is 1.85 bits per heavy atom. The molecule has 0 radical (unpaired) electrons. The van der Waals surface area contributed by atoms with Gasteiger partial charge in [-0.15, -0.1) is 0 Å². The number of anilines is 2. The zero-order valence-corrected chi connectivity index (χ0v) is 12.6. The van der Waals surface area contributed by atoms with Gasteiger partial charge < -0.3 is 15.8 Å². The highest BCUT2D eigenvalue weighted by molar-refractivity contribution is 6.36. The van der Waals surface area contributed by atoms with E-state index in [9.17, 15) is 5.11 Å². The minimum Gasteiger partial charge on any atom is -0.506 e. The Hall–Kier alpha value is -1.71. The number of benzene rings is 2. The first-order valence-electron chi connectivity index (χ1n) is 6.00. The van der Waals surface area contributed by atoms with Crippen LogP contribution in [0.15, 0.2) is 24.3 Å². The van der Waals surface area contributed by atoms with Crippen LogP contribution >= 0.6 is 23.2 Å². The minimum absolute atomic E-state index is 0.112. The number of hydrogen-bond acceptors (Lipinski definition) is 3. The number of aromatic hydroxyl groups is 1. The lowest BCUT2D eigenvalue weighted by Crippen LogP contribution is -1.99. The molecule has 0 aliphatic heterocycles. The summed E-state index contributed by atoms with van der Waals surface area (Å²) in [6.07, 6.45) is 1.07. The molecule has 0 bridgehead atoms. The van der Waals surface area contributed by atoms with Crippen LogP contribution in [-0.4, -0.2) is 11.3 Å². The van der Waals surface area contributed by atoms with Gasteiger partial charge in [-0.2, -0.15) is 0 Å². The monoisotopic (exact) mass is 308 g/mol. The summed E-state index contributed by atoms with van der Waals surface area (Å²) in [7, 11) is 0. The van der Waals surface area contributed by atoms with E-state index in [2.05, 4.69) is 5.32 Å². The fraction of sp³-hybridized carbons (Fsp3) is 0.133. The summed E-state index contributed by atoms with van der Waals surface area (Å²) in [5, 5.41) is 21.1. The summed E-state index contributed by atoms with van der Waals surface area (Å²) in [5.74, 6) is -0.112. The molecule has 0 unspecified atom stereocenters. The largest absolute Gasteiger partial charge is 0.506 e. The molecule has 0 spiro atoms. The standard InChI is InChI=1S/C15H14Cl2N2O/c1-8-4-3-5-11(16)13(8)19-14-9(2)6-10(7-18)15(20)12(14)17/h3-7,18-20H,1-2H3. The van der Waals surface area contributed by atoms with Crippen LogP contribution in [-0.2, 0) is 0 Å². The van der Waals surface area contributed by atoms with Crippen molar-refractivity contribution in [3.05, 3.63) is 51.0 Å². The summed E-state index contributed by atoms with van der Waals surface area (Å²) in [5.41, 5.74) is 3.52. The molecule has 0 heterocycles. The fourth-order valence-corrected chi connectivity index (χ4v) is 2.55. The van der Waals surface area contributed by atoms with Crippen molar-refractivity contribution in [2.24, 2.45) is 0 Å². The van der Waals surface area contributed by atoms with Crippen LogP contribution in [0.25, 0.3) is 0 Å². The maximum Gasteiger partial charge on any atom is 0.145 e. The van der Waals surface area contributed by atoms with Crippen LogP contribution in [0.2, 0.25) is 10.0 Å². The molecule has 0 aromatic heterocycles. The molecule has 0 fully saturated rings. The molecule has 20 heavy (non-hydrogen) atoms. The lowest BCUT2D eigenvalue weighted by Gasteiger charge is -2.16. The van der Waals surface area contributed by atoms with E-state index in [4.69, 9.17) is 28.6 Å². The van der Waals surface area contributed by atoms with Gasteiger partial charge in [0.1, 0.15) is 10.8 Å². The summed E-state index contributed by atoms with van der Waals surface area (Å²) in [6, 6.07) is 7.28. The van der Waals surface area contributed by atoms with Gasteiger partial charge in [-0.25, -0.2) is 0 Å². The van der Waals surface area contributed by atoms with Crippen LogP contribution in [0.5, 0.6) is 5.75 Å². The Morgan fingerprint density at radius 3 is 2.45 bits per heavy atom. The molecule has 3 N–H and O–H groups in total. The highest BCUT2D eigenvalue weighted by Gasteiger charge is 2.15. The highest BCUT2D eigenvalue weighted by atomic mass is 35.5. The number of hydrogen-bond donors (Lipinski definition) is 3. The topological polar surface area (TPSA) is 56.1 Å². The number of para-hydroxylation sites is 1. The molecule has 0 atom stereocenters. The predicted octanol–water partition coefficient (Wildman–Crippen LogP) is 5.06. The van der Waals surface area contributed by atoms with E-state index >= 15 is 0 Å². The van der Waals surface area contributed by atoms with E-state index in [0.29, 0.717) is 16.3 Å². The fourth-order valence-electron chi connectivity index (χ4n) is 1.97. The maximum absolute atomic E-state index is 9.96. The molecule has 0 saturated carbocycles. The van der Waals surface area contributed by atoms with Gasteiger partial charge in [0, 0.05) is 11.8 Å². The van der Waals surface area contributed by atoms with Crippen LogP contribution < -0.4 is 5.32 Å². The first kappa shape index (κ1) is 14.7. The summed E-state index contributed by atoms with van der Waals surface area (Å²) in [6.45, 7) is 3.79. The zero-order chi connectivity index (χ0) is 14.9. The van der Waals surface area contributed by atoms with Gasteiger partial charge in [0.15, 0.2) is 0 Å². The van der Waals surface area contributed by atoms with Crippen molar-refractivity contribution < 1.29 is 5.11 Å². The second-order valence-corrected chi connectivity index (χ2v) is 5.31. The van der Waals surface area contributed by atoms with Crippen molar-refractivity contribution in [3.8, 4) is 5.75 Å². The van der Waals surface area contributed by atoms with Crippen LogP contribution in [0, 0.1) is 19.3 Å². The molecule has 5 heteroatoms. The van der Waals surface area contributed by atoms with Crippen molar-refractivity contribution in [2.75, 3.05) is 5.32 Å². The summed E-state index contributed by atoms with van der Waals surface area (Å²) < 4.78 is 0. The smallest absolute Gasteiger partial charge is 0.145 e. The van der Waals surface area contributed by atoms with E-state index in [0.717, 1.165) is 23.0 Å². The maximum atomic E-state index is 9.96. The van der Waals surface area contributed by atoms with E-state index in [-0.39, 0.29) is 10.8 Å². The number of aryl methyl sites for hydroxylation is 2. The molecule has 2 aromatic rings. The van der Waals surface area contributed by atoms with Gasteiger partial charge >= 0.3 is 0 Å². The van der Waals surface area contributed by atoms with Crippen LogP contribution in [0.1, 0.15) is 16.7 Å². The third-order valence-corrected chi connectivity index (χ3v) is 3.78. The van der Waals surface area contributed by atoms with E-state index in [1.807, 2.05) is 26.0 Å². The average molecular weight is 309 g/mol. The number of halogens is 2. The quantitative estimate of drug-likeness (QED) is 0.694. The van der Waals surface area contributed by atoms with Crippen molar-refractivity contribution in [1.82, 2.24) is 0 Å². The van der Waals surface area contributed by atoms with Crippen molar-refractivity contribution in [3.63, 3.8) is 0 Å². The Bertz CT molecular complexity index is 664. The van der Waals surface area contributed by atoms with Gasteiger partial charge in [-0.1, -0.05) is 35.3 Å². The van der Waals surface area contributed by atoms with E-state index < -0.39 is 0 Å². The van der Waals surface area contributed by atoms with Gasteiger partial charge in [-0.05, 0) is 37.1 Å². The Balaban J connectivity index is 2.55. The second-order valence-electron chi connectivity index (χ2n) is 4.52. The molecule has 2 rings (SSSR count). The normalized spacial score (nSPS) is 10.4. The van der Waals surface area contributed by atoms with Crippen LogP contribution in [0.3, 0.4) is 0 Å². The molecule has 3 nitrogen and oxygen atoms in total. The molecule has 104 valence electrons. The third-order valence-electron chi connectivity index (χ3n) is 3.09. The SMILES string of the molecule is Cc1cccc(Cl)c1Nc1c(C)cc(C=N)c(O)c1Cl. The average Bonchev–Trinajstić information content (AvgIpc) is 2.41. The van der Waals surface area contributed by atoms with Crippen molar-refractivity contribution >= 4 is 40.8 Å². The van der Waals surface area contributed by atoms with Crippen molar-refractivity contribution in [1.29, 1.82) is 5.41 Å². The summed E-state index contributed by atoms with van der Waals surface area (Å²) in [4.78, 5) is 0. The number of rotatable bonds is 3.